The molecule has 3 unspecified atom stereocenters. The first-order chi connectivity index (χ1) is 9.81. The van der Waals surface area contributed by atoms with Gasteiger partial charge in [-0.3, -0.25) is 10.1 Å². The minimum absolute atomic E-state index is 0.0205. The molecule has 124 valence electrons. The van der Waals surface area contributed by atoms with E-state index in [1.807, 2.05) is 0 Å². The Hall–Kier alpha value is -0.610. The molecular formula is C17H35N3O. The number of likely N-dealkylation sites (N-methyl/N-ethyl adjacent to an activating group) is 1. The van der Waals surface area contributed by atoms with Crippen molar-refractivity contribution in [3.63, 3.8) is 0 Å². The largest absolute Gasteiger partial charge is 0.322 e. The lowest BCUT2D eigenvalue weighted by Gasteiger charge is -2.34. The summed E-state index contributed by atoms with van der Waals surface area (Å²) in [5, 5.41) is 3.57. The lowest BCUT2D eigenvalue weighted by Crippen LogP contribution is -2.48. The summed E-state index contributed by atoms with van der Waals surface area (Å²) in [6.45, 7) is 18.3. The van der Waals surface area contributed by atoms with Crippen molar-refractivity contribution in [1.29, 1.82) is 0 Å². The molecule has 1 aliphatic heterocycles. The second-order valence-electron chi connectivity index (χ2n) is 7.11. The van der Waals surface area contributed by atoms with E-state index < -0.39 is 0 Å². The van der Waals surface area contributed by atoms with Gasteiger partial charge < -0.3 is 9.80 Å². The average Bonchev–Trinajstić information content (AvgIpc) is 2.71. The van der Waals surface area contributed by atoms with Crippen molar-refractivity contribution in [1.82, 2.24) is 15.1 Å². The molecule has 21 heavy (non-hydrogen) atoms. The fourth-order valence-electron chi connectivity index (χ4n) is 3.25. The number of carbonyl (C=O) groups is 1. The number of rotatable bonds is 8. The molecule has 0 aromatic heterocycles. The van der Waals surface area contributed by atoms with Crippen molar-refractivity contribution < 1.29 is 4.79 Å². The minimum Gasteiger partial charge on any atom is -0.322 e. The van der Waals surface area contributed by atoms with Crippen LogP contribution in [0.2, 0.25) is 0 Å². The monoisotopic (exact) mass is 297 g/mol. The van der Waals surface area contributed by atoms with Crippen LogP contribution >= 0.6 is 0 Å². The van der Waals surface area contributed by atoms with Gasteiger partial charge in [-0.05, 0) is 38.3 Å². The maximum Gasteiger partial charge on any atom is 0.241 e. The first kappa shape index (κ1) is 18.4. The highest BCUT2D eigenvalue weighted by Gasteiger charge is 2.42. The molecule has 0 spiro atoms. The van der Waals surface area contributed by atoms with Crippen molar-refractivity contribution in [3.05, 3.63) is 0 Å². The first-order valence-electron chi connectivity index (χ1n) is 8.62. The summed E-state index contributed by atoms with van der Waals surface area (Å²) in [6, 6.07) is 0.241. The van der Waals surface area contributed by atoms with Gasteiger partial charge in [0, 0.05) is 12.6 Å². The van der Waals surface area contributed by atoms with Gasteiger partial charge in [-0.1, -0.05) is 41.5 Å². The molecule has 1 fully saturated rings. The average molecular weight is 297 g/mol. The molecule has 3 atom stereocenters. The van der Waals surface area contributed by atoms with E-state index in [4.69, 9.17) is 0 Å². The Balaban J connectivity index is 2.84. The summed E-state index contributed by atoms with van der Waals surface area (Å²) in [5.74, 6) is 1.22. The SMILES string of the molecule is CCN(CC)CC(C)N1C(=O)C(C(C)C)NC1CC(C)C. The topological polar surface area (TPSA) is 35.6 Å². The van der Waals surface area contributed by atoms with Crippen LogP contribution in [0.1, 0.15) is 54.9 Å². The Morgan fingerprint density at radius 2 is 1.71 bits per heavy atom. The molecular weight excluding hydrogens is 262 g/mol. The predicted molar refractivity (Wildman–Crippen MR) is 89.1 cm³/mol. The number of nitrogens with zero attached hydrogens (tertiary/aromatic N) is 2. The van der Waals surface area contributed by atoms with Crippen molar-refractivity contribution >= 4 is 5.91 Å². The van der Waals surface area contributed by atoms with Gasteiger partial charge in [0.1, 0.15) is 0 Å². The van der Waals surface area contributed by atoms with Crippen LogP contribution in [-0.4, -0.2) is 53.6 Å². The van der Waals surface area contributed by atoms with E-state index in [1.54, 1.807) is 0 Å². The Morgan fingerprint density at radius 3 is 2.14 bits per heavy atom. The zero-order chi connectivity index (χ0) is 16.2. The maximum absolute atomic E-state index is 12.8. The number of hydrogen-bond acceptors (Lipinski definition) is 3. The number of carbonyl (C=O) groups excluding carboxylic acids is 1. The second-order valence-corrected chi connectivity index (χ2v) is 7.11. The Morgan fingerprint density at radius 1 is 1.14 bits per heavy atom. The van der Waals surface area contributed by atoms with E-state index in [9.17, 15) is 4.79 Å². The molecule has 1 rings (SSSR count). The fraction of sp³-hybridized carbons (Fsp3) is 0.941. The van der Waals surface area contributed by atoms with E-state index in [0.29, 0.717) is 11.8 Å². The van der Waals surface area contributed by atoms with Gasteiger partial charge in [0.25, 0.3) is 0 Å². The highest BCUT2D eigenvalue weighted by molar-refractivity contribution is 5.84. The summed E-state index contributed by atoms with van der Waals surface area (Å²) < 4.78 is 0. The zero-order valence-corrected chi connectivity index (χ0v) is 15.0. The number of hydrogen-bond donors (Lipinski definition) is 1. The van der Waals surface area contributed by atoms with Crippen molar-refractivity contribution in [2.24, 2.45) is 11.8 Å². The summed E-state index contributed by atoms with van der Waals surface area (Å²) in [4.78, 5) is 17.3. The third-order valence-electron chi connectivity index (χ3n) is 4.48. The molecule has 1 amide bonds. The molecule has 1 heterocycles. The predicted octanol–water partition coefficient (Wildman–Crippen LogP) is 2.55. The molecule has 0 aliphatic carbocycles. The van der Waals surface area contributed by atoms with Gasteiger partial charge in [0.15, 0.2) is 0 Å². The molecule has 1 aliphatic rings. The summed E-state index contributed by atoms with van der Waals surface area (Å²) in [5.41, 5.74) is 0. The third-order valence-corrected chi connectivity index (χ3v) is 4.48. The van der Waals surface area contributed by atoms with Crippen molar-refractivity contribution in [2.45, 2.75) is 73.1 Å². The Kier molecular flexibility index (Phi) is 7.14. The van der Waals surface area contributed by atoms with E-state index in [-0.39, 0.29) is 24.2 Å². The summed E-state index contributed by atoms with van der Waals surface area (Å²) in [7, 11) is 0. The lowest BCUT2D eigenvalue weighted by molar-refractivity contribution is -0.133. The summed E-state index contributed by atoms with van der Waals surface area (Å²) >= 11 is 0. The highest BCUT2D eigenvalue weighted by atomic mass is 16.2. The third kappa shape index (κ3) is 4.68. The molecule has 0 saturated carbocycles. The van der Waals surface area contributed by atoms with Gasteiger partial charge in [0.2, 0.25) is 5.91 Å². The molecule has 0 radical (unpaired) electrons. The summed E-state index contributed by atoms with van der Waals surface area (Å²) in [6.07, 6.45) is 1.22. The number of amides is 1. The quantitative estimate of drug-likeness (QED) is 0.748. The van der Waals surface area contributed by atoms with Crippen LogP contribution in [0.15, 0.2) is 0 Å². The fourth-order valence-corrected chi connectivity index (χ4v) is 3.25. The standard InChI is InChI=1S/C17H35N3O/c1-8-19(9-2)11-14(7)20-15(10-12(3)4)18-16(13(5)6)17(20)21/h12-16,18H,8-11H2,1-7H3. The van der Waals surface area contributed by atoms with Crippen molar-refractivity contribution in [2.75, 3.05) is 19.6 Å². The van der Waals surface area contributed by atoms with E-state index >= 15 is 0 Å². The van der Waals surface area contributed by atoms with Gasteiger partial charge >= 0.3 is 0 Å². The van der Waals surface area contributed by atoms with Gasteiger partial charge in [0.05, 0.1) is 12.2 Å². The molecule has 4 nitrogen and oxygen atoms in total. The molecule has 0 aromatic carbocycles. The van der Waals surface area contributed by atoms with E-state index in [0.717, 1.165) is 26.1 Å². The first-order valence-corrected chi connectivity index (χ1v) is 8.62. The second kappa shape index (κ2) is 8.14. The minimum atomic E-state index is -0.0205. The Bertz CT molecular complexity index is 326. The van der Waals surface area contributed by atoms with Crippen LogP contribution in [0, 0.1) is 11.8 Å². The van der Waals surface area contributed by atoms with Crippen LogP contribution < -0.4 is 5.32 Å². The normalized spacial score (nSPS) is 24.7. The molecule has 4 heteroatoms. The van der Waals surface area contributed by atoms with E-state index in [2.05, 4.69) is 63.6 Å². The van der Waals surface area contributed by atoms with Gasteiger partial charge in [-0.2, -0.15) is 0 Å². The Labute approximate surface area is 131 Å². The number of nitrogens with one attached hydrogen (secondary N) is 1. The van der Waals surface area contributed by atoms with Crippen LogP contribution in [0.4, 0.5) is 0 Å². The molecule has 1 saturated heterocycles. The molecule has 0 aromatic rings. The van der Waals surface area contributed by atoms with Gasteiger partial charge in [-0.25, -0.2) is 0 Å². The molecule has 1 N–H and O–H groups in total. The lowest BCUT2D eigenvalue weighted by atomic mass is 10.0. The maximum atomic E-state index is 12.8. The van der Waals surface area contributed by atoms with Crippen LogP contribution in [0.25, 0.3) is 0 Å². The smallest absolute Gasteiger partial charge is 0.241 e. The van der Waals surface area contributed by atoms with Crippen LogP contribution in [0.5, 0.6) is 0 Å². The molecule has 0 bridgehead atoms. The highest BCUT2D eigenvalue weighted by Crippen LogP contribution is 2.24. The van der Waals surface area contributed by atoms with E-state index in [1.165, 1.54) is 0 Å². The van der Waals surface area contributed by atoms with Crippen LogP contribution in [-0.2, 0) is 4.79 Å². The van der Waals surface area contributed by atoms with Crippen molar-refractivity contribution in [3.8, 4) is 0 Å². The van der Waals surface area contributed by atoms with Gasteiger partial charge in [-0.15, -0.1) is 0 Å². The zero-order valence-electron chi connectivity index (χ0n) is 15.0. The van der Waals surface area contributed by atoms with Crippen LogP contribution in [0.3, 0.4) is 0 Å².